The van der Waals surface area contributed by atoms with Gasteiger partial charge in [-0.05, 0) is 30.7 Å². The van der Waals surface area contributed by atoms with E-state index >= 15 is 0 Å². The average Bonchev–Trinajstić information content (AvgIpc) is 2.62. The molecular weight excluding hydrogens is 174 g/mol. The van der Waals surface area contributed by atoms with E-state index in [1.807, 2.05) is 6.07 Å². The summed E-state index contributed by atoms with van der Waals surface area (Å²) in [6.07, 6.45) is 7.33. The van der Waals surface area contributed by atoms with Gasteiger partial charge in [0.2, 0.25) is 0 Å². The molecule has 1 aliphatic rings. The molecule has 0 atom stereocenters. The molecule has 0 aliphatic heterocycles. The van der Waals surface area contributed by atoms with Gasteiger partial charge in [0.15, 0.2) is 0 Å². The van der Waals surface area contributed by atoms with Gasteiger partial charge in [0.1, 0.15) is 0 Å². The second kappa shape index (κ2) is 4.13. The summed E-state index contributed by atoms with van der Waals surface area (Å²) >= 11 is 0. The van der Waals surface area contributed by atoms with E-state index in [9.17, 15) is 0 Å². The third kappa shape index (κ3) is 1.98. The number of H-pyrrole nitrogens is 1. The highest BCUT2D eigenvalue weighted by Gasteiger charge is 2.34. The van der Waals surface area contributed by atoms with Gasteiger partial charge in [0.25, 0.3) is 0 Å². The molecule has 1 aromatic heterocycles. The van der Waals surface area contributed by atoms with Crippen LogP contribution >= 0.6 is 0 Å². The maximum Gasteiger partial charge on any atom is 0.0490 e. The van der Waals surface area contributed by atoms with Crippen LogP contribution in [0.1, 0.15) is 38.3 Å². The number of hydrogen-bond acceptors (Lipinski definition) is 2. The van der Waals surface area contributed by atoms with Crippen molar-refractivity contribution in [2.24, 2.45) is 5.41 Å². The topological polar surface area (TPSA) is 40.7 Å². The first-order valence-corrected chi connectivity index (χ1v) is 5.54. The normalized spacial score (nSPS) is 19.2. The lowest BCUT2D eigenvalue weighted by Crippen LogP contribution is -2.39. The van der Waals surface area contributed by atoms with E-state index in [0.717, 1.165) is 13.1 Å². The van der Waals surface area contributed by atoms with Crippen LogP contribution in [0.15, 0.2) is 12.3 Å². The van der Waals surface area contributed by atoms with Crippen molar-refractivity contribution in [3.05, 3.63) is 18.0 Å². The van der Waals surface area contributed by atoms with Crippen LogP contribution in [0.5, 0.6) is 0 Å². The van der Waals surface area contributed by atoms with Crippen molar-refractivity contribution in [2.45, 2.75) is 39.2 Å². The number of rotatable bonds is 5. The Kier molecular flexibility index (Phi) is 2.87. The van der Waals surface area contributed by atoms with Crippen LogP contribution < -0.4 is 5.32 Å². The minimum atomic E-state index is 0.611. The second-order valence-electron chi connectivity index (χ2n) is 4.39. The van der Waals surface area contributed by atoms with E-state index in [4.69, 9.17) is 0 Å². The summed E-state index contributed by atoms with van der Waals surface area (Å²) in [4.78, 5) is 0. The Morgan fingerprint density at radius 1 is 1.57 bits per heavy atom. The molecule has 2 N–H and O–H groups in total. The van der Waals surface area contributed by atoms with Crippen molar-refractivity contribution in [1.29, 1.82) is 0 Å². The predicted molar refractivity (Wildman–Crippen MR) is 56.9 cm³/mol. The highest BCUT2D eigenvalue weighted by molar-refractivity contribution is 4.97. The Balaban J connectivity index is 1.72. The van der Waals surface area contributed by atoms with Crippen molar-refractivity contribution >= 4 is 0 Å². The lowest BCUT2D eigenvalue weighted by atomic mass is 9.67. The molecule has 0 amide bonds. The summed E-state index contributed by atoms with van der Waals surface area (Å²) in [6.45, 7) is 4.38. The predicted octanol–water partition coefficient (Wildman–Crippen LogP) is 2.08. The number of nitrogens with zero attached hydrogens (tertiary/aromatic N) is 1. The lowest BCUT2D eigenvalue weighted by molar-refractivity contribution is 0.123. The summed E-state index contributed by atoms with van der Waals surface area (Å²) in [5.41, 5.74) is 1.79. The molecule has 3 nitrogen and oxygen atoms in total. The summed E-state index contributed by atoms with van der Waals surface area (Å²) in [5.74, 6) is 0. The van der Waals surface area contributed by atoms with Gasteiger partial charge < -0.3 is 5.32 Å². The minimum absolute atomic E-state index is 0.611. The van der Waals surface area contributed by atoms with Crippen LogP contribution in [0, 0.1) is 5.41 Å². The van der Waals surface area contributed by atoms with E-state index in [2.05, 4.69) is 22.4 Å². The van der Waals surface area contributed by atoms with E-state index < -0.39 is 0 Å². The van der Waals surface area contributed by atoms with Gasteiger partial charge in [-0.1, -0.05) is 13.3 Å². The first-order valence-electron chi connectivity index (χ1n) is 5.54. The number of aromatic amines is 1. The molecule has 0 saturated heterocycles. The Hall–Kier alpha value is -0.830. The van der Waals surface area contributed by atoms with E-state index in [0.29, 0.717) is 5.41 Å². The average molecular weight is 193 g/mol. The van der Waals surface area contributed by atoms with Crippen molar-refractivity contribution in [1.82, 2.24) is 15.5 Å². The highest BCUT2D eigenvalue weighted by Crippen LogP contribution is 2.42. The van der Waals surface area contributed by atoms with E-state index in [1.165, 1.54) is 31.4 Å². The molecule has 0 unspecified atom stereocenters. The Morgan fingerprint density at radius 3 is 2.93 bits per heavy atom. The van der Waals surface area contributed by atoms with Crippen LogP contribution in [0.3, 0.4) is 0 Å². The van der Waals surface area contributed by atoms with Gasteiger partial charge in [0, 0.05) is 25.0 Å². The number of aromatic nitrogens is 2. The lowest BCUT2D eigenvalue weighted by Gasteiger charge is -2.41. The Labute approximate surface area is 85.3 Å². The molecule has 0 spiro atoms. The number of hydrogen-bond donors (Lipinski definition) is 2. The van der Waals surface area contributed by atoms with Crippen LogP contribution in [0.25, 0.3) is 0 Å². The second-order valence-corrected chi connectivity index (χ2v) is 4.39. The maximum atomic E-state index is 3.93. The first-order chi connectivity index (χ1) is 6.85. The van der Waals surface area contributed by atoms with Crippen LogP contribution in [-0.2, 0) is 6.54 Å². The molecular formula is C11H19N3. The summed E-state index contributed by atoms with van der Waals surface area (Å²) < 4.78 is 0. The zero-order valence-electron chi connectivity index (χ0n) is 8.84. The van der Waals surface area contributed by atoms with Gasteiger partial charge in [-0.2, -0.15) is 5.10 Å². The van der Waals surface area contributed by atoms with Crippen LogP contribution in [-0.4, -0.2) is 16.7 Å². The van der Waals surface area contributed by atoms with Gasteiger partial charge in [-0.3, -0.25) is 5.10 Å². The fraction of sp³-hybridized carbons (Fsp3) is 0.727. The molecule has 0 aromatic carbocycles. The quantitative estimate of drug-likeness (QED) is 0.751. The summed E-state index contributed by atoms with van der Waals surface area (Å²) in [6, 6.07) is 2.02. The minimum Gasteiger partial charge on any atom is -0.311 e. The maximum absolute atomic E-state index is 3.93. The molecule has 78 valence electrons. The van der Waals surface area contributed by atoms with Gasteiger partial charge >= 0.3 is 0 Å². The Bertz CT molecular complexity index is 257. The molecule has 1 fully saturated rings. The molecule has 0 radical (unpaired) electrons. The zero-order valence-corrected chi connectivity index (χ0v) is 8.84. The third-order valence-corrected chi connectivity index (χ3v) is 3.54. The molecule has 1 aliphatic carbocycles. The van der Waals surface area contributed by atoms with Crippen LogP contribution in [0.2, 0.25) is 0 Å². The molecule has 3 heteroatoms. The molecule has 1 aromatic rings. The van der Waals surface area contributed by atoms with Gasteiger partial charge in [0.05, 0.1) is 0 Å². The fourth-order valence-corrected chi connectivity index (χ4v) is 2.18. The number of nitrogens with one attached hydrogen (secondary N) is 2. The van der Waals surface area contributed by atoms with Gasteiger partial charge in [-0.15, -0.1) is 0 Å². The largest absolute Gasteiger partial charge is 0.311 e. The van der Waals surface area contributed by atoms with Crippen molar-refractivity contribution in [3.8, 4) is 0 Å². The molecule has 14 heavy (non-hydrogen) atoms. The summed E-state index contributed by atoms with van der Waals surface area (Å²) in [7, 11) is 0. The fourth-order valence-electron chi connectivity index (χ4n) is 2.18. The molecule has 1 saturated carbocycles. The van der Waals surface area contributed by atoms with Crippen molar-refractivity contribution < 1.29 is 0 Å². The smallest absolute Gasteiger partial charge is 0.0490 e. The van der Waals surface area contributed by atoms with E-state index in [1.54, 1.807) is 6.20 Å². The third-order valence-electron chi connectivity index (χ3n) is 3.54. The van der Waals surface area contributed by atoms with Crippen molar-refractivity contribution in [2.75, 3.05) is 6.54 Å². The van der Waals surface area contributed by atoms with Crippen LogP contribution in [0.4, 0.5) is 0 Å². The van der Waals surface area contributed by atoms with Gasteiger partial charge in [-0.25, -0.2) is 0 Å². The molecule has 0 bridgehead atoms. The molecule has 2 rings (SSSR count). The standard InChI is InChI=1S/C11H19N3/c1-2-11(5-3-6-11)9-12-8-10-4-7-13-14-10/h4,7,12H,2-3,5-6,8-9H2,1H3,(H,13,14). The Morgan fingerprint density at radius 2 is 2.43 bits per heavy atom. The molecule has 1 heterocycles. The first kappa shape index (κ1) is 9.71. The summed E-state index contributed by atoms with van der Waals surface area (Å²) in [5, 5.41) is 10.4. The monoisotopic (exact) mass is 193 g/mol. The zero-order chi connectivity index (χ0) is 9.86. The highest BCUT2D eigenvalue weighted by atomic mass is 15.1. The van der Waals surface area contributed by atoms with E-state index in [-0.39, 0.29) is 0 Å². The SMILES string of the molecule is CCC1(CNCc2ccn[nH]2)CCC1. The van der Waals surface area contributed by atoms with Crippen molar-refractivity contribution in [3.63, 3.8) is 0 Å².